The molecule has 13 nitrogen and oxygen atoms in total. The smallest absolute Gasteiger partial charge is 0.186 e. The number of aliphatic hydroxyl groups is 4. The molecule has 0 radical (unpaired) electrons. The number of rotatable bonds is 17. The molecule has 0 spiro atoms. The van der Waals surface area contributed by atoms with Crippen LogP contribution in [0.3, 0.4) is 0 Å². The average Bonchev–Trinajstić information content (AvgIpc) is 3.95. The topological polar surface area (TPSA) is 203 Å². The molecule has 2 aliphatic carbocycles. The zero-order valence-corrected chi connectivity index (χ0v) is 46.3. The van der Waals surface area contributed by atoms with Gasteiger partial charge in [0.2, 0.25) is 0 Å². The van der Waals surface area contributed by atoms with Crippen LogP contribution in [0.1, 0.15) is 101 Å². The second-order valence-corrected chi connectivity index (χ2v) is 23.9. The molecule has 6 aromatic rings. The van der Waals surface area contributed by atoms with Crippen LogP contribution in [0.4, 0.5) is 0 Å². The number of carbonyl (C=O) groups excluding carboxylic acids is 1. The maximum atomic E-state index is 16.7. The van der Waals surface area contributed by atoms with Crippen LogP contribution in [0.2, 0.25) is 0 Å². The largest absolute Gasteiger partial charge is 0.508 e. The number of aliphatic hydroxyl groups excluding tert-OH is 4. The normalized spacial score (nSPS) is 25.1. The van der Waals surface area contributed by atoms with Crippen molar-refractivity contribution in [3.8, 4) is 28.7 Å². The number of hydrogen-bond acceptors (Lipinski definition) is 14. The number of ether oxygens (including phenoxy) is 4. The summed E-state index contributed by atoms with van der Waals surface area (Å²) < 4.78 is 24.4. The van der Waals surface area contributed by atoms with Gasteiger partial charge in [-0.2, -0.15) is 0 Å². The van der Waals surface area contributed by atoms with Crippen LogP contribution >= 0.6 is 21.6 Å². The molecule has 9 atom stereocenters. The molecule has 0 amide bonds. The van der Waals surface area contributed by atoms with Crippen molar-refractivity contribution in [2.75, 3.05) is 46.5 Å². The quantitative estimate of drug-likeness (QED) is 0.0317. The van der Waals surface area contributed by atoms with Crippen molar-refractivity contribution in [1.29, 1.82) is 0 Å². The number of methoxy groups -OCH3 is 1. The Labute approximate surface area is 460 Å². The minimum atomic E-state index is -1.69. The van der Waals surface area contributed by atoms with Gasteiger partial charge in [-0.1, -0.05) is 77.0 Å². The van der Waals surface area contributed by atoms with Crippen LogP contribution in [0, 0.1) is 23.7 Å². The van der Waals surface area contributed by atoms with Gasteiger partial charge in [0.15, 0.2) is 35.6 Å². The van der Waals surface area contributed by atoms with E-state index in [0.29, 0.717) is 84.6 Å². The second kappa shape index (κ2) is 25.7. The zero-order valence-electron chi connectivity index (χ0n) is 44.7. The number of phenols is 2. The summed E-state index contributed by atoms with van der Waals surface area (Å²) in [5.74, 6) is -0.760. The third kappa shape index (κ3) is 12.2. The molecule has 9 unspecified atom stereocenters. The van der Waals surface area contributed by atoms with E-state index in [1.165, 1.54) is 21.6 Å². The van der Waals surface area contributed by atoms with Crippen LogP contribution in [0.5, 0.6) is 28.7 Å². The number of aromatic hydroxyl groups is 2. The first-order valence-corrected chi connectivity index (χ1v) is 29.7. The molecule has 0 saturated heterocycles. The van der Waals surface area contributed by atoms with Crippen LogP contribution in [0.25, 0.3) is 10.8 Å². The first-order valence-electron chi connectivity index (χ1n) is 27.3. The average molecular weight is 1090 g/mol. The van der Waals surface area contributed by atoms with Crippen LogP contribution in [-0.4, -0.2) is 106 Å². The molecular weight excluding hydrogens is 1010 g/mol. The summed E-state index contributed by atoms with van der Waals surface area (Å²) in [6.07, 6.45) is 6.62. The van der Waals surface area contributed by atoms with Gasteiger partial charge in [-0.25, -0.2) is 0 Å². The van der Waals surface area contributed by atoms with Gasteiger partial charge in [0.25, 0.3) is 0 Å². The SMILES string of the molecule is CCOCC1CCCC(Oc2cc(CC3(c4cc(O)cc(CNC)c4)C(=O)C4C(CSSC(CO)c5cccc6ccc(CC)c(c56)Cc5c(ccc(O)c5OC)CC(Cc5cc[nH]c5)C4O)CC3O)ccc2OCO)C1. The lowest BCUT2D eigenvalue weighted by Gasteiger charge is -2.49. The van der Waals surface area contributed by atoms with Crippen LogP contribution in [-0.2, 0) is 53.6 Å². The van der Waals surface area contributed by atoms with Crippen LogP contribution < -0.4 is 19.5 Å². The van der Waals surface area contributed by atoms with E-state index >= 15 is 4.79 Å². The van der Waals surface area contributed by atoms with E-state index in [-0.39, 0.29) is 48.1 Å². The van der Waals surface area contributed by atoms with Gasteiger partial charge >= 0.3 is 0 Å². The summed E-state index contributed by atoms with van der Waals surface area (Å²) in [4.78, 5) is 19.9. The van der Waals surface area contributed by atoms with Crippen molar-refractivity contribution in [2.24, 2.45) is 23.7 Å². The summed E-state index contributed by atoms with van der Waals surface area (Å²) >= 11 is 0. The van der Waals surface area contributed by atoms with Gasteiger partial charge < -0.3 is 59.9 Å². The molecule has 2 fully saturated rings. The summed E-state index contributed by atoms with van der Waals surface area (Å²) in [5, 5.41) is 75.9. The molecule has 0 bridgehead atoms. The van der Waals surface area contributed by atoms with Gasteiger partial charge in [0, 0.05) is 55.8 Å². The monoisotopic (exact) mass is 1090 g/mol. The number of carbonyl (C=O) groups is 1. The number of fused-ring (bicyclic) bond motifs is 2. The number of nitrogens with one attached hydrogen (secondary N) is 2. The van der Waals surface area contributed by atoms with E-state index in [0.717, 1.165) is 76.3 Å². The van der Waals surface area contributed by atoms with E-state index in [2.05, 4.69) is 41.5 Å². The molecule has 9 rings (SSSR count). The number of aromatic amines is 1. The third-order valence-corrected chi connectivity index (χ3v) is 19.4. The Hall–Kier alpha value is -5.23. The minimum absolute atomic E-state index is 0.00956. The molecule has 1 aromatic heterocycles. The molecule has 2 saturated carbocycles. The first-order chi connectivity index (χ1) is 37.4. The number of benzene rings is 5. The fourth-order valence-corrected chi connectivity index (χ4v) is 15.7. The van der Waals surface area contributed by atoms with Crippen molar-refractivity contribution >= 4 is 38.1 Å². The van der Waals surface area contributed by atoms with Gasteiger partial charge in [0.05, 0.1) is 42.7 Å². The number of phenolic OH excluding ortho intramolecular Hbond substituents is 2. The van der Waals surface area contributed by atoms with E-state index < -0.39 is 42.2 Å². The first kappa shape index (κ1) is 56.5. The summed E-state index contributed by atoms with van der Waals surface area (Å²) in [5.41, 5.74) is 5.84. The zero-order chi connectivity index (χ0) is 54.2. The molecular formula is C62H76N2O11S2. The highest BCUT2D eigenvalue weighted by Gasteiger charge is 2.58. The highest BCUT2D eigenvalue weighted by atomic mass is 33.1. The number of aryl methyl sites for hydroxylation is 1. The predicted octanol–water partition coefficient (Wildman–Crippen LogP) is 9.70. The van der Waals surface area contributed by atoms with Crippen molar-refractivity contribution in [2.45, 2.75) is 114 Å². The maximum Gasteiger partial charge on any atom is 0.186 e. The second-order valence-electron chi connectivity index (χ2n) is 21.3. The van der Waals surface area contributed by atoms with E-state index in [1.54, 1.807) is 38.4 Å². The molecule has 77 heavy (non-hydrogen) atoms. The fraction of sp³-hybridized carbons (Fsp3) is 0.468. The molecule has 2 heterocycles. The Bertz CT molecular complexity index is 2950. The lowest BCUT2D eigenvalue weighted by atomic mass is 9.55. The predicted molar refractivity (Wildman–Crippen MR) is 304 cm³/mol. The minimum Gasteiger partial charge on any atom is -0.508 e. The molecule has 8 N–H and O–H groups in total. The van der Waals surface area contributed by atoms with Crippen molar-refractivity contribution in [3.63, 3.8) is 0 Å². The lowest BCUT2D eigenvalue weighted by Crippen LogP contribution is -2.61. The highest BCUT2D eigenvalue weighted by molar-refractivity contribution is 8.76. The summed E-state index contributed by atoms with van der Waals surface area (Å²) in [6, 6.07) is 26.5. The lowest BCUT2D eigenvalue weighted by molar-refractivity contribution is -0.149. The molecule has 3 aliphatic rings. The molecule has 1 aliphatic heterocycles. The van der Waals surface area contributed by atoms with E-state index in [9.17, 15) is 30.6 Å². The van der Waals surface area contributed by atoms with E-state index in [4.69, 9.17) is 18.9 Å². The molecule has 5 aromatic carbocycles. The third-order valence-electron chi connectivity index (χ3n) is 16.5. The van der Waals surface area contributed by atoms with Gasteiger partial charge in [-0.05, 0) is 181 Å². The Morgan fingerprint density at radius 2 is 1.75 bits per heavy atom. The maximum absolute atomic E-state index is 16.7. The van der Waals surface area contributed by atoms with Crippen molar-refractivity contribution < 1.29 is 54.4 Å². The Morgan fingerprint density at radius 3 is 2.51 bits per heavy atom. The number of aromatic nitrogens is 1. The van der Waals surface area contributed by atoms with Crippen molar-refractivity contribution in [3.05, 3.63) is 147 Å². The Morgan fingerprint density at radius 1 is 0.896 bits per heavy atom. The molecule has 15 heteroatoms. The number of H-pyrrole nitrogens is 1. The standard InChI is InChI=1S/C62H76N2O11S2/c1-5-41-14-15-42-10-8-12-49-55(33-65)77-76-35-45-27-56(69)62(46-22-40(31-63-3)23-47(67)28-46,30-37-13-18-53(74-36-66)54(25-37)75-48-11-7-9-39(24-48)34-73-6-2)61(71)58(45)59(70)44(21-38-19-20-64-32-38)26-43-16-17-52(68)60(72-4)51(43)29-50(41)57(42)49/h8,10,12-20,22-23,25,28,32,39,44-45,48,55-56,58-59,63-70H,5-7,9,11,21,24,26-27,29-31,33-36H2,1-4H3. The fourth-order valence-electron chi connectivity index (χ4n) is 12.9. The van der Waals surface area contributed by atoms with E-state index in [1.807, 2.05) is 55.7 Å². The van der Waals surface area contributed by atoms with Gasteiger partial charge in [-0.3, -0.25) is 4.79 Å². The van der Waals surface area contributed by atoms with Crippen molar-refractivity contribution in [1.82, 2.24) is 10.3 Å². The Balaban J connectivity index is 1.20. The van der Waals surface area contributed by atoms with Gasteiger partial charge in [0.1, 0.15) is 5.75 Å². The Kier molecular flexibility index (Phi) is 18.9. The number of Topliss-reactive ketones (excluding diaryl/α,β-unsaturated/α-hetero) is 1. The number of ketones is 1. The number of hydrogen-bond donors (Lipinski definition) is 8. The highest BCUT2D eigenvalue weighted by Crippen LogP contribution is 2.52. The molecule has 412 valence electrons. The van der Waals surface area contributed by atoms with Crippen LogP contribution in [0.15, 0.2) is 97.3 Å². The summed E-state index contributed by atoms with van der Waals surface area (Å²) in [6.45, 7) is 5.03. The van der Waals surface area contributed by atoms with Gasteiger partial charge in [-0.15, -0.1) is 0 Å². The summed E-state index contributed by atoms with van der Waals surface area (Å²) in [7, 11) is 6.43.